The fourth-order valence-electron chi connectivity index (χ4n) is 3.88. The largest absolute Gasteiger partial charge is 0.416 e. The number of carbonyl (C=O) groups excluding carboxylic acids is 1. The third-order valence-corrected chi connectivity index (χ3v) is 5.34. The van der Waals surface area contributed by atoms with Crippen molar-refractivity contribution >= 4 is 22.6 Å². The van der Waals surface area contributed by atoms with Gasteiger partial charge in [-0.25, -0.2) is 14.2 Å². The molecule has 0 N–H and O–H groups in total. The van der Waals surface area contributed by atoms with E-state index in [1.54, 1.807) is 28.0 Å². The zero-order valence-electron chi connectivity index (χ0n) is 15.6. The van der Waals surface area contributed by atoms with Crippen LogP contribution in [0.3, 0.4) is 0 Å². The molecule has 1 amide bonds. The van der Waals surface area contributed by atoms with Gasteiger partial charge in [0.15, 0.2) is 5.65 Å². The number of rotatable bonds is 2. The van der Waals surface area contributed by atoms with Crippen LogP contribution in [0, 0.1) is 0 Å². The summed E-state index contributed by atoms with van der Waals surface area (Å²) in [6, 6.07) is 4.95. The predicted octanol–water partition coefficient (Wildman–Crippen LogP) is 2.97. The van der Waals surface area contributed by atoms with Gasteiger partial charge >= 0.3 is 6.18 Å². The highest BCUT2D eigenvalue weighted by atomic mass is 19.4. The van der Waals surface area contributed by atoms with E-state index in [-0.39, 0.29) is 17.5 Å². The molecule has 1 saturated heterocycles. The molecule has 4 heterocycles. The monoisotopic (exact) mass is 415 g/mol. The molecule has 0 aliphatic carbocycles. The number of halogens is 3. The highest BCUT2D eigenvalue weighted by Crippen LogP contribution is 2.32. The van der Waals surface area contributed by atoms with Crippen LogP contribution in [0.2, 0.25) is 0 Å². The molecule has 1 aliphatic rings. The minimum atomic E-state index is -4.44. The second-order valence-electron chi connectivity index (χ2n) is 7.23. The van der Waals surface area contributed by atoms with Crippen LogP contribution in [-0.2, 0) is 6.18 Å². The minimum Gasteiger partial charge on any atom is -0.336 e. The SMILES string of the molecule is O=C(c1cnn2cccnc12)N1CCCC(n2nnc3cc(C(F)(F)F)ccc32)C1. The van der Waals surface area contributed by atoms with Crippen molar-refractivity contribution < 1.29 is 18.0 Å². The van der Waals surface area contributed by atoms with Crippen molar-refractivity contribution in [2.45, 2.75) is 25.1 Å². The van der Waals surface area contributed by atoms with E-state index in [1.165, 1.54) is 16.8 Å². The normalized spacial score (nSPS) is 17.7. The Hall–Kier alpha value is -3.50. The van der Waals surface area contributed by atoms with E-state index >= 15 is 0 Å². The Morgan fingerprint density at radius 1 is 1.23 bits per heavy atom. The minimum absolute atomic E-state index is 0.181. The van der Waals surface area contributed by atoms with Gasteiger partial charge in [-0.2, -0.15) is 18.3 Å². The van der Waals surface area contributed by atoms with E-state index in [0.717, 1.165) is 25.0 Å². The number of amides is 1. The summed E-state index contributed by atoms with van der Waals surface area (Å²) in [6.07, 6.45) is 1.87. The third-order valence-electron chi connectivity index (χ3n) is 5.34. The lowest BCUT2D eigenvalue weighted by Crippen LogP contribution is -2.41. The highest BCUT2D eigenvalue weighted by Gasteiger charge is 2.32. The Bertz CT molecular complexity index is 1250. The molecule has 11 heteroatoms. The summed E-state index contributed by atoms with van der Waals surface area (Å²) in [4.78, 5) is 19.0. The van der Waals surface area contributed by atoms with E-state index in [9.17, 15) is 18.0 Å². The number of hydrogen-bond acceptors (Lipinski definition) is 5. The predicted molar refractivity (Wildman–Crippen MR) is 99.7 cm³/mol. The molecule has 1 fully saturated rings. The molecule has 1 aromatic carbocycles. The molecule has 4 aromatic rings. The number of alkyl halides is 3. The average molecular weight is 415 g/mol. The summed E-state index contributed by atoms with van der Waals surface area (Å²) in [5, 5.41) is 12.2. The quantitative estimate of drug-likeness (QED) is 0.503. The third kappa shape index (κ3) is 3.06. The summed E-state index contributed by atoms with van der Waals surface area (Å²) in [5.74, 6) is -0.183. The Balaban J connectivity index is 1.42. The summed E-state index contributed by atoms with van der Waals surface area (Å²) >= 11 is 0. The van der Waals surface area contributed by atoms with E-state index in [1.807, 2.05) is 0 Å². The lowest BCUT2D eigenvalue weighted by atomic mass is 10.0. The van der Waals surface area contributed by atoms with Crippen LogP contribution in [-0.4, -0.2) is 53.5 Å². The standard InChI is InChI=1S/C19H16F3N7O/c20-19(21,22)12-4-5-16-15(9-12)25-26-29(16)13-3-1-7-27(11-13)18(30)14-10-24-28-8-2-6-23-17(14)28/h2,4-6,8-10,13H,1,3,7,11H2. The number of piperidine rings is 1. The van der Waals surface area contributed by atoms with E-state index in [0.29, 0.717) is 29.8 Å². The zero-order chi connectivity index (χ0) is 20.9. The van der Waals surface area contributed by atoms with Crippen LogP contribution in [0.1, 0.15) is 34.8 Å². The number of nitrogens with zero attached hydrogens (tertiary/aromatic N) is 7. The molecule has 8 nitrogen and oxygen atoms in total. The average Bonchev–Trinajstić information content (AvgIpc) is 3.36. The molecular formula is C19H16F3N7O. The first-order valence-corrected chi connectivity index (χ1v) is 9.41. The van der Waals surface area contributed by atoms with Gasteiger partial charge in [-0.05, 0) is 37.1 Å². The van der Waals surface area contributed by atoms with Crippen molar-refractivity contribution in [1.82, 2.24) is 34.5 Å². The van der Waals surface area contributed by atoms with Crippen molar-refractivity contribution in [3.05, 3.63) is 54.0 Å². The number of aromatic nitrogens is 6. The second kappa shape index (κ2) is 6.78. The number of hydrogen-bond donors (Lipinski definition) is 0. The molecule has 1 atom stereocenters. The Labute approximate surface area is 167 Å². The Morgan fingerprint density at radius 3 is 2.93 bits per heavy atom. The van der Waals surface area contributed by atoms with Crippen LogP contribution in [0.15, 0.2) is 42.9 Å². The fourth-order valence-corrected chi connectivity index (χ4v) is 3.88. The van der Waals surface area contributed by atoms with Crippen molar-refractivity contribution in [3.8, 4) is 0 Å². The fraction of sp³-hybridized carbons (Fsp3) is 0.316. The van der Waals surface area contributed by atoms with E-state index < -0.39 is 11.7 Å². The van der Waals surface area contributed by atoms with Gasteiger partial charge in [0.1, 0.15) is 11.1 Å². The molecule has 0 radical (unpaired) electrons. The van der Waals surface area contributed by atoms with Crippen LogP contribution >= 0.6 is 0 Å². The number of carbonyl (C=O) groups is 1. The molecule has 0 spiro atoms. The molecule has 5 rings (SSSR count). The molecule has 1 unspecified atom stereocenters. The maximum atomic E-state index is 13.1. The maximum absolute atomic E-state index is 13.1. The van der Waals surface area contributed by atoms with Gasteiger partial charge in [-0.1, -0.05) is 5.21 Å². The first-order valence-electron chi connectivity index (χ1n) is 9.41. The van der Waals surface area contributed by atoms with Gasteiger partial charge in [0.05, 0.1) is 23.3 Å². The molecule has 3 aromatic heterocycles. The van der Waals surface area contributed by atoms with Crippen LogP contribution in [0.5, 0.6) is 0 Å². The molecule has 1 aliphatic heterocycles. The van der Waals surface area contributed by atoms with Crippen molar-refractivity contribution in [1.29, 1.82) is 0 Å². The number of benzene rings is 1. The Morgan fingerprint density at radius 2 is 2.10 bits per heavy atom. The van der Waals surface area contributed by atoms with Crippen molar-refractivity contribution in [2.75, 3.05) is 13.1 Å². The van der Waals surface area contributed by atoms with Crippen LogP contribution in [0.4, 0.5) is 13.2 Å². The van der Waals surface area contributed by atoms with E-state index in [2.05, 4.69) is 20.4 Å². The number of fused-ring (bicyclic) bond motifs is 2. The molecular weight excluding hydrogens is 399 g/mol. The summed E-state index contributed by atoms with van der Waals surface area (Å²) in [6.45, 7) is 0.951. The van der Waals surface area contributed by atoms with E-state index in [4.69, 9.17) is 0 Å². The molecule has 154 valence electrons. The zero-order valence-corrected chi connectivity index (χ0v) is 15.6. The molecule has 30 heavy (non-hydrogen) atoms. The summed E-state index contributed by atoms with van der Waals surface area (Å²) in [7, 11) is 0. The van der Waals surface area contributed by atoms with Gasteiger partial charge in [-0.3, -0.25) is 4.79 Å². The van der Waals surface area contributed by atoms with Crippen LogP contribution in [0.25, 0.3) is 16.7 Å². The molecule has 0 bridgehead atoms. The smallest absolute Gasteiger partial charge is 0.336 e. The van der Waals surface area contributed by atoms with Gasteiger partial charge in [-0.15, -0.1) is 5.10 Å². The first-order chi connectivity index (χ1) is 14.4. The summed E-state index contributed by atoms with van der Waals surface area (Å²) < 4.78 is 42.0. The lowest BCUT2D eigenvalue weighted by Gasteiger charge is -2.32. The van der Waals surface area contributed by atoms with Gasteiger partial charge in [0, 0.05) is 25.5 Å². The first kappa shape index (κ1) is 18.5. The van der Waals surface area contributed by atoms with Crippen molar-refractivity contribution in [2.24, 2.45) is 0 Å². The summed E-state index contributed by atoms with van der Waals surface area (Å²) in [5.41, 5.74) is 0.827. The van der Waals surface area contributed by atoms with Crippen molar-refractivity contribution in [3.63, 3.8) is 0 Å². The number of likely N-dealkylation sites (tertiary alicyclic amines) is 1. The lowest BCUT2D eigenvalue weighted by molar-refractivity contribution is -0.137. The Kier molecular flexibility index (Phi) is 4.19. The van der Waals surface area contributed by atoms with Gasteiger partial charge in [0.2, 0.25) is 0 Å². The highest BCUT2D eigenvalue weighted by molar-refractivity contribution is 5.99. The van der Waals surface area contributed by atoms with Crippen LogP contribution < -0.4 is 0 Å². The second-order valence-corrected chi connectivity index (χ2v) is 7.23. The maximum Gasteiger partial charge on any atom is 0.416 e. The topological polar surface area (TPSA) is 81.2 Å². The molecule has 0 saturated carbocycles. The van der Waals surface area contributed by atoms with Gasteiger partial charge < -0.3 is 4.90 Å². The van der Waals surface area contributed by atoms with Gasteiger partial charge in [0.25, 0.3) is 5.91 Å².